The van der Waals surface area contributed by atoms with E-state index in [4.69, 9.17) is 11.6 Å². The van der Waals surface area contributed by atoms with Gasteiger partial charge >= 0.3 is 0 Å². The van der Waals surface area contributed by atoms with Crippen LogP contribution in [-0.4, -0.2) is 16.1 Å². The van der Waals surface area contributed by atoms with E-state index < -0.39 is 0 Å². The fourth-order valence-electron chi connectivity index (χ4n) is 1.90. The Morgan fingerprint density at radius 3 is 2.67 bits per heavy atom. The molecule has 4 heteroatoms. The molecule has 2 aromatic rings. The monoisotopic (exact) mass is 262 g/mol. The van der Waals surface area contributed by atoms with Crippen LogP contribution in [0.1, 0.15) is 35.0 Å². The van der Waals surface area contributed by atoms with Crippen LogP contribution >= 0.6 is 11.6 Å². The summed E-state index contributed by atoms with van der Waals surface area (Å²) in [6.45, 7) is 2.64. The minimum absolute atomic E-state index is 0.428. The third-order valence-electron chi connectivity index (χ3n) is 2.78. The molecule has 0 bridgehead atoms. The highest BCUT2D eigenvalue weighted by Crippen LogP contribution is 2.20. The Hall–Kier alpha value is -1.61. The molecule has 0 unspecified atom stereocenters. The van der Waals surface area contributed by atoms with E-state index in [1.165, 1.54) is 0 Å². The van der Waals surface area contributed by atoms with Crippen molar-refractivity contribution < 1.29 is 4.79 Å². The molecule has 1 heterocycles. The summed E-state index contributed by atoms with van der Waals surface area (Å²) in [5, 5.41) is 4.85. The third kappa shape index (κ3) is 2.62. The lowest BCUT2D eigenvalue weighted by Gasteiger charge is -2.02. The molecule has 3 nitrogen and oxygen atoms in total. The second-order valence-electron chi connectivity index (χ2n) is 4.16. The number of aryl methyl sites for hydroxylation is 1. The zero-order chi connectivity index (χ0) is 13.0. The molecular formula is C14H15ClN2O. The molecule has 0 spiro atoms. The maximum atomic E-state index is 11.1. The number of carbonyl (C=O) groups is 1. The molecule has 0 saturated heterocycles. The van der Waals surface area contributed by atoms with Crippen molar-refractivity contribution in [3.8, 4) is 0 Å². The van der Waals surface area contributed by atoms with E-state index in [1.54, 1.807) is 4.68 Å². The lowest BCUT2D eigenvalue weighted by Crippen LogP contribution is -2.02. The Morgan fingerprint density at radius 2 is 2.06 bits per heavy atom. The van der Waals surface area contributed by atoms with E-state index >= 15 is 0 Å². The number of halogens is 1. The summed E-state index contributed by atoms with van der Waals surface area (Å²) in [7, 11) is 0. The van der Waals surface area contributed by atoms with Crippen molar-refractivity contribution >= 4 is 17.9 Å². The van der Waals surface area contributed by atoms with Gasteiger partial charge in [-0.2, -0.15) is 5.10 Å². The number of hydrogen-bond donors (Lipinski definition) is 0. The van der Waals surface area contributed by atoms with Gasteiger partial charge in [-0.05, 0) is 12.0 Å². The standard InChI is InChI=1S/C14H15ClN2O/c1-2-6-13-12(10-18)14(15)17(16-13)9-11-7-4-3-5-8-11/h3-5,7-8,10H,2,6,9H2,1H3. The van der Waals surface area contributed by atoms with Gasteiger partial charge in [-0.15, -0.1) is 0 Å². The predicted octanol–water partition coefficient (Wildman–Crippen LogP) is 3.35. The van der Waals surface area contributed by atoms with Gasteiger partial charge in [0.1, 0.15) is 5.15 Å². The molecule has 94 valence electrons. The Kier molecular flexibility index (Phi) is 4.15. The molecular weight excluding hydrogens is 248 g/mol. The summed E-state index contributed by atoms with van der Waals surface area (Å²) in [5.74, 6) is 0. The summed E-state index contributed by atoms with van der Waals surface area (Å²) in [4.78, 5) is 11.1. The average molecular weight is 263 g/mol. The first kappa shape index (κ1) is 12.8. The van der Waals surface area contributed by atoms with Gasteiger partial charge < -0.3 is 0 Å². The number of rotatable bonds is 5. The molecule has 2 rings (SSSR count). The minimum atomic E-state index is 0.428. The van der Waals surface area contributed by atoms with Crippen molar-refractivity contribution in [1.29, 1.82) is 0 Å². The van der Waals surface area contributed by atoms with Crippen LogP contribution in [0.3, 0.4) is 0 Å². The van der Waals surface area contributed by atoms with E-state index in [9.17, 15) is 4.79 Å². The van der Waals surface area contributed by atoms with Crippen molar-refractivity contribution in [1.82, 2.24) is 9.78 Å². The maximum Gasteiger partial charge on any atom is 0.155 e. The van der Waals surface area contributed by atoms with E-state index in [2.05, 4.69) is 12.0 Å². The largest absolute Gasteiger partial charge is 0.298 e. The first-order valence-corrected chi connectivity index (χ1v) is 6.38. The first-order chi connectivity index (χ1) is 8.76. The van der Waals surface area contributed by atoms with Gasteiger partial charge in [0.2, 0.25) is 0 Å². The molecule has 0 aliphatic rings. The van der Waals surface area contributed by atoms with Crippen molar-refractivity contribution in [3.05, 3.63) is 52.3 Å². The van der Waals surface area contributed by atoms with Gasteiger partial charge in [0.15, 0.2) is 6.29 Å². The van der Waals surface area contributed by atoms with Gasteiger partial charge in [-0.1, -0.05) is 55.3 Å². The third-order valence-corrected chi connectivity index (χ3v) is 3.18. The van der Waals surface area contributed by atoms with E-state index in [1.807, 2.05) is 30.3 Å². The Bertz CT molecular complexity index is 534. The molecule has 0 amide bonds. The first-order valence-electron chi connectivity index (χ1n) is 6.00. The molecule has 0 fully saturated rings. The van der Waals surface area contributed by atoms with Gasteiger partial charge in [-0.3, -0.25) is 4.79 Å². The summed E-state index contributed by atoms with van der Waals surface area (Å²) in [5.41, 5.74) is 2.42. The highest BCUT2D eigenvalue weighted by molar-refractivity contribution is 6.32. The molecule has 0 radical (unpaired) electrons. The summed E-state index contributed by atoms with van der Waals surface area (Å²) < 4.78 is 1.69. The molecule has 0 N–H and O–H groups in total. The molecule has 0 aliphatic carbocycles. The number of hydrogen-bond acceptors (Lipinski definition) is 2. The zero-order valence-electron chi connectivity index (χ0n) is 10.3. The van der Waals surface area contributed by atoms with Gasteiger partial charge in [-0.25, -0.2) is 4.68 Å². The van der Waals surface area contributed by atoms with Crippen LogP contribution in [-0.2, 0) is 13.0 Å². The second kappa shape index (κ2) is 5.83. The Balaban J connectivity index is 2.31. The predicted molar refractivity (Wildman–Crippen MR) is 72.2 cm³/mol. The average Bonchev–Trinajstić information content (AvgIpc) is 2.67. The smallest absolute Gasteiger partial charge is 0.155 e. The molecule has 1 aromatic carbocycles. The van der Waals surface area contributed by atoms with Crippen molar-refractivity contribution in [2.45, 2.75) is 26.3 Å². The SMILES string of the molecule is CCCc1nn(Cc2ccccc2)c(Cl)c1C=O. The molecule has 1 aromatic heterocycles. The summed E-state index contributed by atoms with van der Waals surface area (Å²) in [6.07, 6.45) is 2.51. The van der Waals surface area contributed by atoms with E-state index in [0.717, 1.165) is 30.4 Å². The Labute approximate surface area is 111 Å². The number of benzene rings is 1. The van der Waals surface area contributed by atoms with Gasteiger partial charge in [0.25, 0.3) is 0 Å². The van der Waals surface area contributed by atoms with Crippen LogP contribution in [0.25, 0.3) is 0 Å². The highest BCUT2D eigenvalue weighted by atomic mass is 35.5. The fraction of sp³-hybridized carbons (Fsp3) is 0.286. The van der Waals surface area contributed by atoms with E-state index in [0.29, 0.717) is 17.3 Å². The number of nitrogens with zero attached hydrogens (tertiary/aromatic N) is 2. The quantitative estimate of drug-likeness (QED) is 0.775. The van der Waals surface area contributed by atoms with Crippen LogP contribution in [0.2, 0.25) is 5.15 Å². The Morgan fingerprint density at radius 1 is 1.33 bits per heavy atom. The molecule has 0 saturated carbocycles. The summed E-state index contributed by atoms with van der Waals surface area (Å²) in [6, 6.07) is 9.93. The number of aldehydes is 1. The number of carbonyl (C=O) groups excluding carboxylic acids is 1. The zero-order valence-corrected chi connectivity index (χ0v) is 11.0. The number of aromatic nitrogens is 2. The van der Waals surface area contributed by atoms with Crippen LogP contribution < -0.4 is 0 Å². The van der Waals surface area contributed by atoms with Gasteiger partial charge in [0, 0.05) is 0 Å². The van der Waals surface area contributed by atoms with Crippen molar-refractivity contribution in [2.24, 2.45) is 0 Å². The maximum absolute atomic E-state index is 11.1. The molecule has 0 atom stereocenters. The normalized spacial score (nSPS) is 10.6. The minimum Gasteiger partial charge on any atom is -0.298 e. The van der Waals surface area contributed by atoms with Crippen LogP contribution in [0, 0.1) is 0 Å². The van der Waals surface area contributed by atoms with Crippen molar-refractivity contribution in [2.75, 3.05) is 0 Å². The topological polar surface area (TPSA) is 34.9 Å². The van der Waals surface area contributed by atoms with E-state index in [-0.39, 0.29) is 0 Å². The van der Waals surface area contributed by atoms with Gasteiger partial charge in [0.05, 0.1) is 17.8 Å². The lowest BCUT2D eigenvalue weighted by molar-refractivity contribution is 0.112. The lowest BCUT2D eigenvalue weighted by atomic mass is 10.2. The van der Waals surface area contributed by atoms with Crippen LogP contribution in [0.15, 0.2) is 30.3 Å². The van der Waals surface area contributed by atoms with Crippen LogP contribution in [0.4, 0.5) is 0 Å². The van der Waals surface area contributed by atoms with Crippen molar-refractivity contribution in [3.63, 3.8) is 0 Å². The second-order valence-corrected chi connectivity index (χ2v) is 4.52. The molecule has 0 aliphatic heterocycles. The van der Waals surface area contributed by atoms with Crippen LogP contribution in [0.5, 0.6) is 0 Å². The fourth-order valence-corrected chi connectivity index (χ4v) is 2.15. The molecule has 18 heavy (non-hydrogen) atoms. The summed E-state index contributed by atoms with van der Waals surface area (Å²) >= 11 is 6.18. The highest BCUT2D eigenvalue weighted by Gasteiger charge is 2.14.